The van der Waals surface area contributed by atoms with Crippen molar-refractivity contribution in [1.82, 2.24) is 14.8 Å². The number of aryl methyl sites for hydroxylation is 3. The van der Waals surface area contributed by atoms with E-state index in [1.807, 2.05) is 43.7 Å². The summed E-state index contributed by atoms with van der Waals surface area (Å²) in [5.41, 5.74) is 4.67. The molecular weight excluding hydrogens is 238 g/mol. The van der Waals surface area contributed by atoms with Crippen molar-refractivity contribution in [2.45, 2.75) is 20.8 Å². The number of aromatic nitrogens is 3. The van der Waals surface area contributed by atoms with Gasteiger partial charge in [0.2, 0.25) is 0 Å². The molecule has 2 aromatic heterocycles. The zero-order chi connectivity index (χ0) is 13.6. The number of hydrogen-bond donors (Lipinski definition) is 1. The Morgan fingerprint density at radius 1 is 1.11 bits per heavy atom. The molecule has 19 heavy (non-hydrogen) atoms. The van der Waals surface area contributed by atoms with Crippen LogP contribution in [0.15, 0.2) is 35.1 Å². The molecule has 0 spiro atoms. The predicted octanol–water partition coefficient (Wildman–Crippen LogP) is 2.64. The lowest BCUT2D eigenvalue weighted by molar-refractivity contribution is 0.837. The molecule has 2 heterocycles. The summed E-state index contributed by atoms with van der Waals surface area (Å²) in [5, 5.41) is 5.47. The second kappa shape index (κ2) is 4.09. The SMILES string of the molecule is Cc1ccc2[nH]c(=O)cc(-n3nc(C)cc3C)c2c1. The Bertz CT molecular complexity index is 827. The van der Waals surface area contributed by atoms with E-state index < -0.39 is 0 Å². The van der Waals surface area contributed by atoms with Crippen molar-refractivity contribution in [1.29, 1.82) is 0 Å². The zero-order valence-electron chi connectivity index (χ0n) is 11.2. The minimum Gasteiger partial charge on any atom is -0.322 e. The van der Waals surface area contributed by atoms with Crippen molar-refractivity contribution in [3.8, 4) is 5.69 Å². The van der Waals surface area contributed by atoms with E-state index in [0.717, 1.165) is 33.5 Å². The maximum Gasteiger partial charge on any atom is 0.250 e. The molecule has 0 fully saturated rings. The van der Waals surface area contributed by atoms with Crippen molar-refractivity contribution in [2.75, 3.05) is 0 Å². The highest BCUT2D eigenvalue weighted by Crippen LogP contribution is 2.21. The third-order valence-corrected chi connectivity index (χ3v) is 3.21. The number of pyridine rings is 1. The van der Waals surface area contributed by atoms with E-state index in [0.29, 0.717) is 0 Å². The van der Waals surface area contributed by atoms with Gasteiger partial charge in [0.25, 0.3) is 5.56 Å². The molecule has 0 aliphatic rings. The van der Waals surface area contributed by atoms with Crippen molar-refractivity contribution < 1.29 is 0 Å². The minimum absolute atomic E-state index is 0.112. The van der Waals surface area contributed by atoms with E-state index >= 15 is 0 Å². The summed E-state index contributed by atoms with van der Waals surface area (Å²) in [4.78, 5) is 14.6. The molecule has 0 amide bonds. The van der Waals surface area contributed by atoms with Crippen LogP contribution in [0.1, 0.15) is 17.0 Å². The monoisotopic (exact) mass is 253 g/mol. The molecule has 1 aromatic carbocycles. The highest BCUT2D eigenvalue weighted by Gasteiger charge is 2.09. The molecule has 0 saturated heterocycles. The first-order valence-electron chi connectivity index (χ1n) is 6.22. The number of hydrogen-bond acceptors (Lipinski definition) is 2. The van der Waals surface area contributed by atoms with Crippen LogP contribution in [-0.4, -0.2) is 14.8 Å². The number of H-pyrrole nitrogens is 1. The number of benzene rings is 1. The van der Waals surface area contributed by atoms with Gasteiger partial charge in [0.05, 0.1) is 16.9 Å². The molecule has 3 rings (SSSR count). The number of rotatable bonds is 1. The van der Waals surface area contributed by atoms with Crippen LogP contribution in [0.3, 0.4) is 0 Å². The molecule has 0 aliphatic heterocycles. The summed E-state index contributed by atoms with van der Waals surface area (Å²) >= 11 is 0. The summed E-state index contributed by atoms with van der Waals surface area (Å²) in [6.45, 7) is 5.97. The number of fused-ring (bicyclic) bond motifs is 1. The summed E-state index contributed by atoms with van der Waals surface area (Å²) in [6, 6.07) is 9.59. The summed E-state index contributed by atoms with van der Waals surface area (Å²) in [7, 11) is 0. The fourth-order valence-electron chi connectivity index (χ4n) is 2.40. The van der Waals surface area contributed by atoms with Crippen molar-refractivity contribution in [2.24, 2.45) is 0 Å². The Kier molecular flexibility index (Phi) is 2.52. The van der Waals surface area contributed by atoms with Gasteiger partial charge in [-0.25, -0.2) is 4.68 Å². The minimum atomic E-state index is -0.112. The predicted molar refractivity (Wildman–Crippen MR) is 75.9 cm³/mol. The average Bonchev–Trinajstić information content (AvgIpc) is 2.68. The molecule has 0 saturated carbocycles. The topological polar surface area (TPSA) is 50.7 Å². The van der Waals surface area contributed by atoms with E-state index in [-0.39, 0.29) is 5.56 Å². The molecule has 4 heteroatoms. The molecule has 1 N–H and O–H groups in total. The number of aromatic amines is 1. The molecule has 0 aliphatic carbocycles. The average molecular weight is 253 g/mol. The summed E-state index contributed by atoms with van der Waals surface area (Å²) in [5.74, 6) is 0. The molecule has 0 radical (unpaired) electrons. The Labute approximate surface area is 110 Å². The number of nitrogens with one attached hydrogen (secondary N) is 1. The van der Waals surface area contributed by atoms with Crippen LogP contribution in [0, 0.1) is 20.8 Å². The van der Waals surface area contributed by atoms with Crippen molar-refractivity contribution >= 4 is 10.9 Å². The molecule has 96 valence electrons. The van der Waals surface area contributed by atoms with Gasteiger partial charge < -0.3 is 4.98 Å². The van der Waals surface area contributed by atoms with Crippen LogP contribution in [0.25, 0.3) is 16.6 Å². The van der Waals surface area contributed by atoms with Crippen molar-refractivity contribution in [3.05, 3.63) is 57.6 Å². The van der Waals surface area contributed by atoms with E-state index in [1.165, 1.54) is 0 Å². The van der Waals surface area contributed by atoms with Crippen LogP contribution in [0.5, 0.6) is 0 Å². The standard InChI is InChI=1S/C15H15N3O/c1-9-4-5-13-12(6-9)14(8-15(19)16-13)18-11(3)7-10(2)17-18/h4-8H,1-3H3,(H,16,19). The van der Waals surface area contributed by atoms with Crippen LogP contribution < -0.4 is 5.56 Å². The third kappa shape index (κ3) is 1.95. The Morgan fingerprint density at radius 3 is 2.58 bits per heavy atom. The van der Waals surface area contributed by atoms with Gasteiger partial charge in [-0.15, -0.1) is 0 Å². The van der Waals surface area contributed by atoms with Gasteiger partial charge in [0.15, 0.2) is 0 Å². The van der Waals surface area contributed by atoms with Gasteiger partial charge >= 0.3 is 0 Å². The molecule has 0 unspecified atom stereocenters. The van der Waals surface area contributed by atoms with Gasteiger partial charge in [0, 0.05) is 17.1 Å². The van der Waals surface area contributed by atoms with Gasteiger partial charge in [-0.05, 0) is 39.0 Å². The van der Waals surface area contributed by atoms with E-state index in [4.69, 9.17) is 0 Å². The molecule has 0 bridgehead atoms. The van der Waals surface area contributed by atoms with Gasteiger partial charge in [-0.2, -0.15) is 5.10 Å². The molecule has 0 atom stereocenters. The lowest BCUT2D eigenvalue weighted by Gasteiger charge is -2.09. The Morgan fingerprint density at radius 2 is 1.89 bits per heavy atom. The van der Waals surface area contributed by atoms with Gasteiger partial charge in [-0.1, -0.05) is 11.6 Å². The fraction of sp³-hybridized carbons (Fsp3) is 0.200. The lowest BCUT2D eigenvalue weighted by Crippen LogP contribution is -2.10. The highest BCUT2D eigenvalue weighted by atomic mass is 16.1. The quantitative estimate of drug-likeness (QED) is 0.724. The van der Waals surface area contributed by atoms with Crippen LogP contribution in [0.4, 0.5) is 0 Å². The maximum absolute atomic E-state index is 11.8. The zero-order valence-corrected chi connectivity index (χ0v) is 11.2. The van der Waals surface area contributed by atoms with E-state index in [1.54, 1.807) is 6.07 Å². The molecule has 3 aromatic rings. The first kappa shape index (κ1) is 11.7. The van der Waals surface area contributed by atoms with Crippen LogP contribution in [-0.2, 0) is 0 Å². The lowest BCUT2D eigenvalue weighted by atomic mass is 10.1. The highest BCUT2D eigenvalue weighted by molar-refractivity contribution is 5.87. The van der Waals surface area contributed by atoms with E-state index in [9.17, 15) is 4.79 Å². The summed E-state index contributed by atoms with van der Waals surface area (Å²) in [6.07, 6.45) is 0. The maximum atomic E-state index is 11.8. The van der Waals surface area contributed by atoms with Gasteiger partial charge in [-0.3, -0.25) is 4.79 Å². The summed E-state index contributed by atoms with van der Waals surface area (Å²) < 4.78 is 1.83. The smallest absolute Gasteiger partial charge is 0.250 e. The van der Waals surface area contributed by atoms with Crippen molar-refractivity contribution in [3.63, 3.8) is 0 Å². The first-order valence-corrected chi connectivity index (χ1v) is 6.22. The number of nitrogens with zero attached hydrogens (tertiary/aromatic N) is 2. The largest absolute Gasteiger partial charge is 0.322 e. The van der Waals surface area contributed by atoms with Crippen LogP contribution >= 0.6 is 0 Å². The second-order valence-electron chi connectivity index (χ2n) is 4.91. The normalized spacial score (nSPS) is 11.1. The fourth-order valence-corrected chi connectivity index (χ4v) is 2.40. The third-order valence-electron chi connectivity index (χ3n) is 3.21. The Hall–Kier alpha value is -2.36. The second-order valence-corrected chi connectivity index (χ2v) is 4.91. The Balaban J connectivity index is 2.42. The van der Waals surface area contributed by atoms with Gasteiger partial charge in [0.1, 0.15) is 0 Å². The molecular formula is C15H15N3O. The van der Waals surface area contributed by atoms with E-state index in [2.05, 4.69) is 16.1 Å². The molecule has 4 nitrogen and oxygen atoms in total. The first-order chi connectivity index (χ1) is 9.04. The van der Waals surface area contributed by atoms with Crippen LogP contribution in [0.2, 0.25) is 0 Å².